The molecule has 0 radical (unpaired) electrons. The summed E-state index contributed by atoms with van der Waals surface area (Å²) in [6, 6.07) is 0. The Morgan fingerprint density at radius 2 is 1.67 bits per heavy atom. The van der Waals surface area contributed by atoms with Crippen molar-refractivity contribution in [2.45, 2.75) is 151 Å². The first-order chi connectivity index (χ1) is 22.6. The van der Waals surface area contributed by atoms with E-state index in [0.29, 0.717) is 54.3 Å². The summed E-state index contributed by atoms with van der Waals surface area (Å²) in [5.41, 5.74) is -0.455. The number of Topliss-reactive ketones (excluding diaryl/α,β-unsaturated/α-hetero) is 1. The lowest BCUT2D eigenvalue weighted by Crippen LogP contribution is -2.58. The van der Waals surface area contributed by atoms with Crippen LogP contribution < -0.4 is 4.72 Å². The van der Waals surface area contributed by atoms with Gasteiger partial charge in [0.25, 0.3) is 11.3 Å². The highest BCUT2D eigenvalue weighted by Gasteiger charge is 2.65. The van der Waals surface area contributed by atoms with Gasteiger partial charge < -0.3 is 9.84 Å². The quantitative estimate of drug-likeness (QED) is 0.222. The maximum Gasteiger partial charge on any atom is 0.308 e. The van der Waals surface area contributed by atoms with Crippen LogP contribution in [0.4, 0.5) is 0 Å². The fourth-order valence-corrected chi connectivity index (χ4v) is 13.4. The molecule has 6 aliphatic carbocycles. The number of amides is 1. The zero-order valence-electron chi connectivity index (χ0n) is 30.7. The van der Waals surface area contributed by atoms with E-state index >= 15 is 0 Å². The van der Waals surface area contributed by atoms with Crippen LogP contribution >= 0.6 is 0 Å². The molecule has 0 aliphatic heterocycles. The van der Waals surface area contributed by atoms with Crippen LogP contribution in [0.1, 0.15) is 138 Å². The fourth-order valence-electron chi connectivity index (χ4n) is 12.7. The number of fused-ring (bicyclic) bond motifs is 7. The Morgan fingerprint density at radius 3 is 2.33 bits per heavy atom. The van der Waals surface area contributed by atoms with E-state index in [0.717, 1.165) is 77.0 Å². The van der Waals surface area contributed by atoms with Crippen molar-refractivity contribution < 1.29 is 32.6 Å². The first-order valence-electron chi connectivity index (χ1n) is 19.3. The maximum absolute atomic E-state index is 12.9. The van der Waals surface area contributed by atoms with Gasteiger partial charge >= 0.3 is 5.97 Å². The van der Waals surface area contributed by atoms with Gasteiger partial charge in [0.1, 0.15) is 11.9 Å². The number of hydrogen-bond donors (Lipinski definition) is 2. The molecule has 6 saturated carbocycles. The molecule has 12 unspecified atom stereocenters. The fraction of sp³-hybridized carbons (Fsp3) is 0.923. The van der Waals surface area contributed by atoms with Crippen molar-refractivity contribution in [3.8, 4) is 0 Å². The average molecular weight is 690 g/mol. The summed E-state index contributed by atoms with van der Waals surface area (Å²) in [5.74, 6) is 2.62. The number of hydrogen-bond acceptors (Lipinski definition) is 7. The third kappa shape index (κ3) is 5.95. The lowest BCUT2D eigenvalue weighted by Gasteiger charge is -2.62. The summed E-state index contributed by atoms with van der Waals surface area (Å²) < 4.78 is 26.9. The normalized spacial score (nSPS) is 44.6. The molecule has 9 heteroatoms. The third-order valence-electron chi connectivity index (χ3n) is 16.3. The van der Waals surface area contributed by atoms with Crippen LogP contribution in [-0.4, -0.2) is 45.8 Å². The van der Waals surface area contributed by atoms with Crippen molar-refractivity contribution in [3.63, 3.8) is 0 Å². The van der Waals surface area contributed by atoms with Crippen LogP contribution in [0, 0.1) is 69.0 Å². The molecule has 272 valence electrons. The number of aliphatic hydroxyl groups is 1. The first-order valence-corrected chi connectivity index (χ1v) is 20.4. The molecule has 0 aromatic heterocycles. The molecule has 8 nitrogen and oxygen atoms in total. The maximum atomic E-state index is 12.9. The van der Waals surface area contributed by atoms with Crippen molar-refractivity contribution in [2.24, 2.45) is 69.0 Å². The topological polar surface area (TPSA) is 119 Å². The second kappa shape index (κ2) is 13.3. The van der Waals surface area contributed by atoms with Gasteiger partial charge in [-0.15, -0.1) is 0 Å². The number of ether oxygens (including phenoxy) is 1. The zero-order valence-corrected chi connectivity index (χ0v) is 31.5. The highest BCUT2D eigenvalue weighted by Crippen LogP contribution is 2.69. The smallest absolute Gasteiger partial charge is 0.308 e. The van der Waals surface area contributed by atoms with Gasteiger partial charge in [-0.1, -0.05) is 48.5 Å². The Morgan fingerprint density at radius 1 is 0.958 bits per heavy atom. The summed E-state index contributed by atoms with van der Waals surface area (Å²) in [4.78, 5) is 38.2. The number of carbonyl (C=O) groups excluding carboxylic acids is 3. The van der Waals surface area contributed by atoms with Gasteiger partial charge in [-0.2, -0.15) is 0 Å². The van der Waals surface area contributed by atoms with Gasteiger partial charge in [0.05, 0.1) is 24.0 Å². The van der Waals surface area contributed by atoms with Crippen LogP contribution in [0.3, 0.4) is 0 Å². The van der Waals surface area contributed by atoms with Crippen LogP contribution in [0.5, 0.6) is 0 Å². The SMILES string of the molecule is CCC(C)C(=O)OC1CC[C@@]2(C)C(C1)CC(O)C1C3CCC(C(C)CCC(=O)NS(=O)OCC45CCC(CC4=O)C5(C)C)[C@@]3(C)CCC12. The van der Waals surface area contributed by atoms with E-state index in [1.165, 1.54) is 0 Å². The van der Waals surface area contributed by atoms with Gasteiger partial charge in [0, 0.05) is 12.8 Å². The molecule has 0 heterocycles. The van der Waals surface area contributed by atoms with Gasteiger partial charge in [-0.05, 0) is 135 Å². The van der Waals surface area contributed by atoms with Crippen LogP contribution in [-0.2, 0) is 34.6 Å². The van der Waals surface area contributed by atoms with Crippen LogP contribution in [0.25, 0.3) is 0 Å². The predicted octanol–water partition coefficient (Wildman–Crippen LogP) is 7.10. The minimum atomic E-state index is -1.96. The van der Waals surface area contributed by atoms with E-state index in [4.69, 9.17) is 8.92 Å². The van der Waals surface area contributed by atoms with E-state index < -0.39 is 16.7 Å². The van der Waals surface area contributed by atoms with Crippen molar-refractivity contribution in [2.75, 3.05) is 6.61 Å². The average Bonchev–Trinajstić information content (AvgIpc) is 3.58. The van der Waals surface area contributed by atoms with Gasteiger partial charge in [0.2, 0.25) is 5.91 Å². The molecule has 0 aromatic carbocycles. The molecule has 48 heavy (non-hydrogen) atoms. The van der Waals surface area contributed by atoms with Crippen molar-refractivity contribution in [1.82, 2.24) is 4.72 Å². The number of esters is 1. The second-order valence-electron chi connectivity index (χ2n) is 18.4. The van der Waals surface area contributed by atoms with E-state index in [-0.39, 0.29) is 58.6 Å². The Hall–Kier alpha value is -1.32. The molecule has 0 spiro atoms. The van der Waals surface area contributed by atoms with E-state index in [9.17, 15) is 23.7 Å². The second-order valence-corrected chi connectivity index (χ2v) is 19.3. The van der Waals surface area contributed by atoms with E-state index in [1.54, 1.807) is 0 Å². The van der Waals surface area contributed by atoms with Crippen LogP contribution in [0.2, 0.25) is 0 Å². The summed E-state index contributed by atoms with van der Waals surface area (Å²) in [5, 5.41) is 11.8. The Balaban J connectivity index is 1.01. The molecule has 2 bridgehead atoms. The summed E-state index contributed by atoms with van der Waals surface area (Å²) in [6.07, 6.45) is 12.0. The van der Waals surface area contributed by atoms with Gasteiger partial charge in [-0.25, -0.2) is 4.21 Å². The molecule has 1 amide bonds. The Bertz CT molecular complexity index is 1290. The first kappa shape index (κ1) is 36.5. The van der Waals surface area contributed by atoms with E-state index in [2.05, 4.69) is 39.3 Å². The molecule has 6 rings (SSSR count). The number of carbonyl (C=O) groups is 3. The van der Waals surface area contributed by atoms with E-state index in [1.807, 2.05) is 13.8 Å². The standard InChI is InChI=1S/C39H63NO7S/c1-8-23(2)35(44)47-27-14-16-37(6)26(19-27)20-31(41)34-29-11-10-28(38(29,7)17-15-30(34)37)24(3)9-12-33(43)40-48(45)46-22-39-18-13-25(21-32(39)42)36(39,4)5/h23-31,34,41H,8-22H2,1-7H3,(H,40,43)/t23?,24?,25?,26?,27?,28?,29?,30?,31?,34?,37-,38+,39?,48?/m0/s1. The number of nitrogens with one attached hydrogen (secondary N) is 1. The lowest BCUT2D eigenvalue weighted by molar-refractivity contribution is -0.184. The van der Waals surface area contributed by atoms with Gasteiger partial charge in [-0.3, -0.25) is 23.3 Å². The van der Waals surface area contributed by atoms with Crippen molar-refractivity contribution >= 4 is 28.9 Å². The Labute approximate surface area is 291 Å². The Kier molecular flexibility index (Phi) is 10.1. The van der Waals surface area contributed by atoms with Crippen molar-refractivity contribution in [3.05, 3.63) is 0 Å². The summed E-state index contributed by atoms with van der Waals surface area (Å²) >= 11 is -1.96. The number of ketones is 1. The minimum Gasteiger partial charge on any atom is -0.462 e. The largest absolute Gasteiger partial charge is 0.462 e. The monoisotopic (exact) mass is 689 g/mol. The lowest BCUT2D eigenvalue weighted by atomic mass is 9.43. The highest BCUT2D eigenvalue weighted by molar-refractivity contribution is 7.78. The predicted molar refractivity (Wildman–Crippen MR) is 185 cm³/mol. The molecular formula is C39H63NO7S. The molecular weight excluding hydrogens is 626 g/mol. The highest BCUT2D eigenvalue weighted by atomic mass is 32.2. The molecule has 6 aliphatic rings. The molecule has 2 N–H and O–H groups in total. The van der Waals surface area contributed by atoms with Crippen LogP contribution in [0.15, 0.2) is 0 Å². The zero-order chi connectivity index (χ0) is 34.8. The summed E-state index contributed by atoms with van der Waals surface area (Å²) in [7, 11) is 0. The van der Waals surface area contributed by atoms with Crippen molar-refractivity contribution in [1.29, 1.82) is 0 Å². The number of aliphatic hydroxyl groups excluding tert-OH is 1. The third-order valence-corrected chi connectivity index (χ3v) is 17.0. The van der Waals surface area contributed by atoms with Gasteiger partial charge in [0.15, 0.2) is 0 Å². The minimum absolute atomic E-state index is 0.0292. The molecule has 0 aromatic rings. The molecule has 6 fully saturated rings. The summed E-state index contributed by atoms with van der Waals surface area (Å²) in [6.45, 7) is 15.5. The molecule has 14 atom stereocenters. The molecule has 0 saturated heterocycles. The number of rotatable bonds is 11.